The quantitative estimate of drug-likeness (QED) is 0.530. The summed E-state index contributed by atoms with van der Waals surface area (Å²) in [5.41, 5.74) is 0. The van der Waals surface area contributed by atoms with Crippen LogP contribution >= 0.6 is 12.4 Å². The highest BCUT2D eigenvalue weighted by atomic mass is 35.5. The second-order valence-electron chi connectivity index (χ2n) is 1.02. The van der Waals surface area contributed by atoms with Crippen LogP contribution in [0.15, 0.2) is 30.6 Å². The molecule has 0 fully saturated rings. The van der Waals surface area contributed by atoms with Gasteiger partial charge in [-0.25, -0.2) is 0 Å². The maximum atomic E-state index is 3.78. The molecule has 0 bridgehead atoms. The zero-order valence-electron chi connectivity index (χ0n) is 5.15. The van der Waals surface area contributed by atoms with E-state index in [4.69, 9.17) is 0 Å². The Hall–Kier alpha value is -0.630. The van der Waals surface area contributed by atoms with Crippen LogP contribution in [0.4, 0.5) is 4.70 Å². The molecule has 0 aromatic carbocycles. The van der Waals surface area contributed by atoms with Crippen molar-refractivity contribution >= 4 is 12.4 Å². The Bertz CT molecular complexity index is 88.9. The molecule has 1 rings (SSSR count). The number of aromatic nitrogens is 1. The van der Waals surface area contributed by atoms with Crippen LogP contribution in [-0.4, -0.2) is 4.98 Å². The van der Waals surface area contributed by atoms with Crippen LogP contribution in [-0.2, 0) is 0 Å². The molecule has 1 nitrogen and oxygen atoms in total. The van der Waals surface area contributed by atoms with Gasteiger partial charge in [0.2, 0.25) is 0 Å². The molecule has 0 aliphatic rings. The van der Waals surface area contributed by atoms with Gasteiger partial charge in [-0.3, -0.25) is 9.69 Å². The van der Waals surface area contributed by atoms with Gasteiger partial charge in [0.05, 0.1) is 0 Å². The van der Waals surface area contributed by atoms with Crippen LogP contribution in [0.2, 0.25) is 0 Å². The van der Waals surface area contributed by atoms with Gasteiger partial charge in [0.1, 0.15) is 0 Å². The lowest BCUT2D eigenvalue weighted by atomic mass is 10.5. The SMILES string of the molecule is Cl.F.[H+].c1ccncc1. The minimum atomic E-state index is 0. The van der Waals surface area contributed by atoms with E-state index in [1.54, 1.807) is 12.4 Å². The fourth-order valence-electron chi connectivity index (χ4n) is 0.313. The zero-order valence-corrected chi connectivity index (χ0v) is 4.97. The summed E-state index contributed by atoms with van der Waals surface area (Å²) in [6, 6.07) is 5.72. The van der Waals surface area contributed by atoms with Crippen molar-refractivity contribution in [3.8, 4) is 0 Å². The topological polar surface area (TPSA) is 12.9 Å². The molecule has 0 N–H and O–H groups in total. The lowest BCUT2D eigenvalue weighted by molar-refractivity contribution is 1.11. The minimum Gasteiger partial charge on any atom is -0.269 e. The number of nitrogens with zero attached hydrogens (tertiary/aromatic N) is 1. The Morgan fingerprint density at radius 2 is 1.50 bits per heavy atom. The fraction of sp³-hybridized carbons (Fsp3) is 0. The lowest BCUT2D eigenvalue weighted by Crippen LogP contribution is -1.58. The Balaban J connectivity index is -0.000000120. The van der Waals surface area contributed by atoms with Gasteiger partial charge >= 0.3 is 1.43 Å². The van der Waals surface area contributed by atoms with Crippen molar-refractivity contribution < 1.29 is 6.13 Å². The molecule has 0 aliphatic carbocycles. The van der Waals surface area contributed by atoms with Gasteiger partial charge in [0.25, 0.3) is 0 Å². The van der Waals surface area contributed by atoms with Crippen LogP contribution in [0, 0.1) is 0 Å². The molecular formula is C5H8ClFN+. The molecule has 1 aromatic heterocycles. The highest BCUT2D eigenvalue weighted by Gasteiger charge is 1.58. The average molecular weight is 137 g/mol. The van der Waals surface area contributed by atoms with Gasteiger partial charge in [-0.2, -0.15) is 0 Å². The monoisotopic (exact) mass is 136 g/mol. The molecule has 1 aromatic rings. The fourth-order valence-corrected chi connectivity index (χ4v) is 0.313. The third-order valence-corrected chi connectivity index (χ3v) is 0.566. The zero-order chi connectivity index (χ0) is 4.24. The summed E-state index contributed by atoms with van der Waals surface area (Å²) in [7, 11) is 0. The number of hydrogen-bond acceptors (Lipinski definition) is 1. The Morgan fingerprint density at radius 1 is 1.00 bits per heavy atom. The highest BCUT2D eigenvalue weighted by molar-refractivity contribution is 5.85. The van der Waals surface area contributed by atoms with Crippen LogP contribution in [0.25, 0.3) is 0 Å². The summed E-state index contributed by atoms with van der Waals surface area (Å²) >= 11 is 0. The van der Waals surface area contributed by atoms with E-state index in [0.717, 1.165) is 0 Å². The number of halogens is 2. The van der Waals surface area contributed by atoms with Gasteiger partial charge in [0.15, 0.2) is 0 Å². The third kappa shape index (κ3) is 3.56. The molecule has 8 heavy (non-hydrogen) atoms. The highest BCUT2D eigenvalue weighted by Crippen LogP contribution is 1.73. The van der Waals surface area contributed by atoms with E-state index in [1.807, 2.05) is 18.2 Å². The number of pyridine rings is 1. The first kappa shape index (κ1) is 10.4. The van der Waals surface area contributed by atoms with Crippen LogP contribution < -0.4 is 0 Å². The summed E-state index contributed by atoms with van der Waals surface area (Å²) in [4.78, 5) is 3.78. The summed E-state index contributed by atoms with van der Waals surface area (Å²) in [5, 5.41) is 0. The lowest BCUT2D eigenvalue weighted by Gasteiger charge is -1.70. The first-order chi connectivity index (χ1) is 3.00. The van der Waals surface area contributed by atoms with Gasteiger partial charge < -0.3 is 0 Å². The Labute approximate surface area is 55.0 Å². The smallest absolute Gasteiger partial charge is 0.269 e. The predicted octanol–water partition coefficient (Wildman–Crippen LogP) is 1.77. The van der Waals surface area contributed by atoms with Crippen molar-refractivity contribution in [1.29, 1.82) is 0 Å². The molecule has 1 heterocycles. The van der Waals surface area contributed by atoms with Crippen molar-refractivity contribution in [2.75, 3.05) is 0 Å². The molecule has 0 amide bonds. The van der Waals surface area contributed by atoms with Crippen molar-refractivity contribution in [2.45, 2.75) is 0 Å². The van der Waals surface area contributed by atoms with Gasteiger partial charge in [-0.05, 0) is 12.1 Å². The van der Waals surface area contributed by atoms with E-state index in [1.165, 1.54) is 0 Å². The normalized spacial score (nSPS) is 6.00. The minimum absolute atomic E-state index is 0. The molecule has 0 aliphatic heterocycles. The van der Waals surface area contributed by atoms with Crippen molar-refractivity contribution in [2.24, 2.45) is 0 Å². The molecule has 0 saturated carbocycles. The predicted molar refractivity (Wildman–Crippen MR) is 35.1 cm³/mol. The molecular weight excluding hydrogens is 129 g/mol. The summed E-state index contributed by atoms with van der Waals surface area (Å²) in [6.07, 6.45) is 3.50. The first-order valence-corrected chi connectivity index (χ1v) is 1.85. The van der Waals surface area contributed by atoms with Gasteiger partial charge in [0, 0.05) is 12.4 Å². The van der Waals surface area contributed by atoms with Crippen LogP contribution in [0.3, 0.4) is 0 Å². The van der Waals surface area contributed by atoms with E-state index < -0.39 is 0 Å². The average Bonchev–Trinajstić information content (AvgIpc) is 1.72. The second-order valence-corrected chi connectivity index (χ2v) is 1.02. The molecule has 0 spiro atoms. The molecule has 3 heteroatoms. The second kappa shape index (κ2) is 6.37. The summed E-state index contributed by atoms with van der Waals surface area (Å²) in [5.74, 6) is 0. The van der Waals surface area contributed by atoms with E-state index >= 15 is 0 Å². The standard InChI is InChI=1S/C5H5N.ClH.FH/c1-2-4-6-5-3-1;;/h1-5H;2*1H/p+1. The molecule has 0 saturated heterocycles. The maximum Gasteiger partial charge on any atom is 1.00 e. The first-order valence-electron chi connectivity index (χ1n) is 1.85. The molecule has 0 atom stereocenters. The maximum absolute atomic E-state index is 3.78. The number of hydrogen-bond donors (Lipinski definition) is 0. The van der Waals surface area contributed by atoms with Crippen molar-refractivity contribution in [3.63, 3.8) is 0 Å². The van der Waals surface area contributed by atoms with E-state index in [2.05, 4.69) is 4.98 Å². The van der Waals surface area contributed by atoms with E-state index in [9.17, 15) is 0 Å². The van der Waals surface area contributed by atoms with Crippen LogP contribution in [0.1, 0.15) is 1.43 Å². The molecule has 0 unspecified atom stereocenters. The summed E-state index contributed by atoms with van der Waals surface area (Å²) < 4.78 is 0. The Morgan fingerprint density at radius 3 is 1.62 bits per heavy atom. The largest absolute Gasteiger partial charge is 1.00 e. The van der Waals surface area contributed by atoms with Gasteiger partial charge in [-0.1, -0.05) is 6.07 Å². The van der Waals surface area contributed by atoms with E-state index in [0.29, 0.717) is 0 Å². The van der Waals surface area contributed by atoms with Crippen molar-refractivity contribution in [3.05, 3.63) is 30.6 Å². The van der Waals surface area contributed by atoms with Gasteiger partial charge in [-0.15, -0.1) is 12.4 Å². The molecule has 46 valence electrons. The third-order valence-electron chi connectivity index (χ3n) is 0.566. The van der Waals surface area contributed by atoms with E-state index in [-0.39, 0.29) is 18.5 Å². The van der Waals surface area contributed by atoms with Crippen LogP contribution in [0.5, 0.6) is 0 Å². The molecule has 0 radical (unpaired) electrons. The Kier molecular flexibility index (Phi) is 8.26. The number of rotatable bonds is 0. The summed E-state index contributed by atoms with van der Waals surface area (Å²) in [6.45, 7) is 0. The van der Waals surface area contributed by atoms with Crippen molar-refractivity contribution in [1.82, 2.24) is 4.98 Å².